The van der Waals surface area contributed by atoms with Crippen LogP contribution in [0.25, 0.3) is 0 Å². The van der Waals surface area contributed by atoms with Gasteiger partial charge in [-0.2, -0.15) is 8.42 Å². The van der Waals surface area contributed by atoms with Crippen molar-refractivity contribution in [3.05, 3.63) is 0 Å². The van der Waals surface area contributed by atoms with Gasteiger partial charge < -0.3 is 0 Å². The van der Waals surface area contributed by atoms with Crippen LogP contribution < -0.4 is 0 Å². The van der Waals surface area contributed by atoms with Gasteiger partial charge in [0.1, 0.15) is 0 Å². The summed E-state index contributed by atoms with van der Waals surface area (Å²) in [6.45, 7) is 2.27. The van der Waals surface area contributed by atoms with Gasteiger partial charge in [-0.1, -0.05) is 77.6 Å². The van der Waals surface area contributed by atoms with Gasteiger partial charge in [0.25, 0.3) is 10.1 Å². The van der Waals surface area contributed by atoms with E-state index in [1.54, 1.807) is 0 Å². The molecule has 0 fully saturated rings. The predicted octanol–water partition coefficient (Wildman–Crippen LogP) is 6.03. The molecule has 5 heteroatoms. The average Bonchev–Trinajstić information content (AvgIpc) is 2.46. The first kappa shape index (κ1) is 24.3. The lowest BCUT2D eigenvalue weighted by Crippen LogP contribution is -2.11. The van der Waals surface area contributed by atoms with Gasteiger partial charge in [-0.25, -0.2) is 10.0 Å². The Balaban J connectivity index is 3.39. The minimum absolute atomic E-state index is 0.0815. The monoisotopic (exact) mass is 382 g/mol. The van der Waals surface area contributed by atoms with E-state index in [9.17, 15) is 8.42 Å². The molecule has 0 spiro atoms. The fourth-order valence-corrected chi connectivity index (χ4v) is 5.88. The van der Waals surface area contributed by atoms with Crippen molar-refractivity contribution in [1.29, 1.82) is 0 Å². The molecule has 24 heavy (non-hydrogen) atoms. The van der Waals surface area contributed by atoms with Gasteiger partial charge in [0.05, 0.1) is 5.75 Å². The Morgan fingerprint density at radius 2 is 0.958 bits per heavy atom. The largest absolute Gasteiger partial charge is 0.286 e. The topological polar surface area (TPSA) is 54.4 Å². The van der Waals surface area contributed by atoms with Gasteiger partial charge in [0.15, 0.2) is 0 Å². The van der Waals surface area contributed by atoms with E-state index in [0.717, 1.165) is 5.75 Å². The Morgan fingerprint density at radius 1 is 0.583 bits per heavy atom. The summed E-state index contributed by atoms with van der Waals surface area (Å²) in [5.74, 6) is 2.10. The summed E-state index contributed by atoms with van der Waals surface area (Å²) in [5, 5.41) is 0. The minimum atomic E-state index is -3.78. The summed E-state index contributed by atoms with van der Waals surface area (Å²) in [7, 11) is -4.47. The normalized spacial score (nSPS) is 13.3. The van der Waals surface area contributed by atoms with Gasteiger partial charge in [-0.05, 0) is 36.9 Å². The molecule has 3 nitrogen and oxygen atoms in total. The van der Waals surface area contributed by atoms with Crippen LogP contribution in [0.4, 0.5) is 0 Å². The van der Waals surface area contributed by atoms with Crippen molar-refractivity contribution >= 4 is 20.1 Å². The van der Waals surface area contributed by atoms with E-state index in [4.69, 9.17) is 4.55 Å². The summed E-state index contributed by atoms with van der Waals surface area (Å²) < 4.78 is 30.3. The first-order valence-electron chi connectivity index (χ1n) is 9.91. The van der Waals surface area contributed by atoms with E-state index < -0.39 is 20.1 Å². The molecular weight excluding hydrogens is 340 g/mol. The number of unbranched alkanes of at least 4 members (excludes halogenated alkanes) is 11. The molecule has 0 radical (unpaired) electrons. The van der Waals surface area contributed by atoms with Crippen molar-refractivity contribution < 1.29 is 13.0 Å². The van der Waals surface area contributed by atoms with E-state index in [-0.39, 0.29) is 5.75 Å². The van der Waals surface area contributed by atoms with Crippen LogP contribution in [0.2, 0.25) is 0 Å². The van der Waals surface area contributed by atoms with Crippen molar-refractivity contribution in [2.45, 2.75) is 90.4 Å². The lowest BCUT2D eigenvalue weighted by atomic mass is 10.1. The van der Waals surface area contributed by atoms with E-state index >= 15 is 0 Å². The lowest BCUT2D eigenvalue weighted by molar-refractivity contribution is 0.482. The predicted molar refractivity (Wildman–Crippen MR) is 111 cm³/mol. The molecule has 0 aliphatic carbocycles. The molecule has 0 saturated heterocycles. The van der Waals surface area contributed by atoms with E-state index in [1.165, 1.54) is 82.8 Å². The summed E-state index contributed by atoms with van der Waals surface area (Å²) in [4.78, 5) is 0. The highest BCUT2D eigenvalue weighted by molar-refractivity contribution is 8.32. The van der Waals surface area contributed by atoms with E-state index in [2.05, 4.69) is 19.4 Å². The van der Waals surface area contributed by atoms with Crippen LogP contribution in [-0.2, 0) is 10.1 Å². The maximum absolute atomic E-state index is 10.8. The van der Waals surface area contributed by atoms with Crippen LogP contribution in [0.15, 0.2) is 0 Å². The maximum Gasteiger partial charge on any atom is 0.264 e. The number of rotatable bonds is 17. The summed E-state index contributed by atoms with van der Waals surface area (Å²) in [5.41, 5.74) is 0. The van der Waals surface area contributed by atoms with Crippen molar-refractivity contribution in [2.75, 3.05) is 29.8 Å². The molecule has 0 aromatic rings. The van der Waals surface area contributed by atoms with Crippen LogP contribution in [-0.4, -0.2) is 42.7 Å². The zero-order chi connectivity index (χ0) is 18.3. The highest BCUT2D eigenvalue weighted by Crippen LogP contribution is 2.41. The second-order valence-corrected chi connectivity index (χ2v) is 13.6. The van der Waals surface area contributed by atoms with Gasteiger partial charge in [0, 0.05) is 0 Å². The highest BCUT2D eigenvalue weighted by Gasteiger charge is 2.13. The third-order valence-corrected chi connectivity index (χ3v) is 8.24. The molecule has 148 valence electrons. The summed E-state index contributed by atoms with van der Waals surface area (Å²) in [6, 6.07) is 0. The number of hydrogen-bond donors (Lipinski definition) is 1. The van der Waals surface area contributed by atoms with E-state index in [1.807, 2.05) is 0 Å². The Morgan fingerprint density at radius 3 is 1.38 bits per heavy atom. The second kappa shape index (κ2) is 14.4. The first-order chi connectivity index (χ1) is 11.3. The van der Waals surface area contributed by atoms with Crippen molar-refractivity contribution in [3.8, 4) is 0 Å². The molecule has 0 heterocycles. The second-order valence-electron chi connectivity index (χ2n) is 7.70. The summed E-state index contributed by atoms with van der Waals surface area (Å²) in [6.07, 6.45) is 21.6. The minimum Gasteiger partial charge on any atom is -0.286 e. The van der Waals surface area contributed by atoms with Crippen molar-refractivity contribution in [3.63, 3.8) is 0 Å². The SMILES string of the molecule is CCCCCCCCCCCCCCS(C)(C)CCCS(=O)(=O)O. The maximum atomic E-state index is 10.8. The number of hydrogen-bond acceptors (Lipinski definition) is 2. The van der Waals surface area contributed by atoms with Gasteiger partial charge in [0.2, 0.25) is 0 Å². The fourth-order valence-electron chi connectivity index (χ4n) is 3.07. The van der Waals surface area contributed by atoms with Crippen molar-refractivity contribution in [2.24, 2.45) is 0 Å². The van der Waals surface area contributed by atoms with Crippen LogP contribution in [0.3, 0.4) is 0 Å². The zero-order valence-corrected chi connectivity index (χ0v) is 18.0. The Hall–Kier alpha value is 0.260. The van der Waals surface area contributed by atoms with E-state index in [0.29, 0.717) is 6.42 Å². The molecule has 0 atom stereocenters. The summed E-state index contributed by atoms with van der Waals surface area (Å²) >= 11 is 0. The third-order valence-electron chi connectivity index (χ3n) is 4.65. The fraction of sp³-hybridized carbons (Fsp3) is 1.00. The Labute approximate surface area is 153 Å². The molecular formula is C19H42O3S2. The highest BCUT2D eigenvalue weighted by atomic mass is 32.3. The Kier molecular flexibility index (Phi) is 14.6. The quantitative estimate of drug-likeness (QED) is 0.247. The molecule has 0 unspecified atom stereocenters. The smallest absolute Gasteiger partial charge is 0.264 e. The molecule has 1 N–H and O–H groups in total. The molecule has 0 saturated carbocycles. The Bertz CT molecular complexity index is 378. The molecule has 0 aromatic carbocycles. The molecule has 0 aliphatic rings. The zero-order valence-electron chi connectivity index (χ0n) is 16.4. The lowest BCUT2D eigenvalue weighted by Gasteiger charge is -2.31. The van der Waals surface area contributed by atoms with Gasteiger partial charge in [-0.3, -0.25) is 4.55 Å². The molecule has 0 bridgehead atoms. The third kappa shape index (κ3) is 18.6. The average molecular weight is 383 g/mol. The molecule has 0 amide bonds. The standard InChI is InChI=1S/C19H42O3S2/c1-4-5-6-7-8-9-10-11-12-13-14-15-17-23(2,3)18-16-19-24(20,21)22/h4-19H2,1-3H3,(H,20,21,22). The van der Waals surface area contributed by atoms with Crippen LogP contribution in [0.5, 0.6) is 0 Å². The first-order valence-corrected chi connectivity index (χ1v) is 14.3. The van der Waals surface area contributed by atoms with Crippen molar-refractivity contribution in [1.82, 2.24) is 0 Å². The molecule has 0 aliphatic heterocycles. The van der Waals surface area contributed by atoms with Crippen LogP contribution in [0.1, 0.15) is 90.4 Å². The van der Waals surface area contributed by atoms with Gasteiger partial charge >= 0.3 is 0 Å². The van der Waals surface area contributed by atoms with Crippen LogP contribution >= 0.6 is 10.0 Å². The van der Waals surface area contributed by atoms with Crippen LogP contribution in [0, 0.1) is 0 Å². The molecule has 0 rings (SSSR count). The van der Waals surface area contributed by atoms with Gasteiger partial charge in [-0.15, -0.1) is 0 Å². The molecule has 0 aromatic heterocycles.